The van der Waals surface area contributed by atoms with Crippen molar-refractivity contribution in [1.82, 2.24) is 0 Å². The molecule has 0 saturated carbocycles. The molecule has 0 amide bonds. The first kappa shape index (κ1) is 9.71. The maximum Gasteiger partial charge on any atom is 0.100 e. The van der Waals surface area contributed by atoms with Crippen molar-refractivity contribution in [2.24, 2.45) is 5.73 Å². The Morgan fingerprint density at radius 2 is 2.08 bits per heavy atom. The van der Waals surface area contributed by atoms with Crippen molar-refractivity contribution in [2.45, 2.75) is 12.5 Å². The van der Waals surface area contributed by atoms with Gasteiger partial charge in [-0.2, -0.15) is 0 Å². The highest BCUT2D eigenvalue weighted by molar-refractivity contribution is 9.10. The van der Waals surface area contributed by atoms with E-state index in [0.29, 0.717) is 0 Å². The van der Waals surface area contributed by atoms with Crippen LogP contribution in [-0.4, -0.2) is 11.7 Å². The molecule has 3 heteroatoms. The van der Waals surface area contributed by atoms with Crippen LogP contribution < -0.4 is 5.73 Å². The third-order valence-corrected chi connectivity index (χ3v) is 2.54. The van der Waals surface area contributed by atoms with Crippen molar-refractivity contribution in [2.75, 3.05) is 6.54 Å². The molecule has 1 aromatic rings. The summed E-state index contributed by atoms with van der Waals surface area (Å²) in [5.74, 6) is 0. The highest BCUT2D eigenvalue weighted by atomic mass is 79.9. The molecule has 1 aromatic carbocycles. The molecule has 0 heterocycles. The van der Waals surface area contributed by atoms with Crippen LogP contribution >= 0.6 is 15.9 Å². The van der Waals surface area contributed by atoms with Crippen LogP contribution in [0.15, 0.2) is 28.7 Å². The van der Waals surface area contributed by atoms with Crippen LogP contribution in [0.1, 0.15) is 12.5 Å². The van der Waals surface area contributed by atoms with E-state index < -0.39 is 5.60 Å². The minimum absolute atomic E-state index is 0.218. The number of hydrogen-bond donors (Lipinski definition) is 2. The Morgan fingerprint density at radius 3 is 2.58 bits per heavy atom. The van der Waals surface area contributed by atoms with Gasteiger partial charge in [0.15, 0.2) is 0 Å². The van der Waals surface area contributed by atoms with Crippen LogP contribution in [0.3, 0.4) is 0 Å². The van der Waals surface area contributed by atoms with Gasteiger partial charge in [-0.15, -0.1) is 0 Å². The Morgan fingerprint density at radius 1 is 1.50 bits per heavy atom. The number of hydrogen-bond acceptors (Lipinski definition) is 2. The molecule has 0 bridgehead atoms. The van der Waals surface area contributed by atoms with E-state index in [1.807, 2.05) is 24.3 Å². The molecule has 0 aliphatic heterocycles. The maximum absolute atomic E-state index is 9.82. The van der Waals surface area contributed by atoms with Gasteiger partial charge in [0, 0.05) is 11.0 Å². The van der Waals surface area contributed by atoms with E-state index in [9.17, 15) is 5.11 Å². The van der Waals surface area contributed by atoms with Crippen LogP contribution in [0, 0.1) is 0 Å². The lowest BCUT2D eigenvalue weighted by atomic mass is 9.97. The van der Waals surface area contributed by atoms with Crippen LogP contribution in [0.5, 0.6) is 0 Å². The van der Waals surface area contributed by atoms with Gasteiger partial charge in [-0.1, -0.05) is 34.1 Å². The SMILES string of the molecule is C[C@](O)(CN)c1ccccc1Br. The number of halogens is 1. The predicted molar refractivity (Wildman–Crippen MR) is 52.8 cm³/mol. The molecule has 0 fully saturated rings. The molecule has 0 saturated heterocycles. The lowest BCUT2D eigenvalue weighted by molar-refractivity contribution is 0.0661. The topological polar surface area (TPSA) is 46.2 Å². The van der Waals surface area contributed by atoms with Gasteiger partial charge in [-0.25, -0.2) is 0 Å². The molecule has 0 aromatic heterocycles. The lowest BCUT2D eigenvalue weighted by Crippen LogP contribution is -2.31. The van der Waals surface area contributed by atoms with Crippen molar-refractivity contribution < 1.29 is 5.11 Å². The number of nitrogens with two attached hydrogens (primary N) is 1. The summed E-state index contributed by atoms with van der Waals surface area (Å²) in [4.78, 5) is 0. The fourth-order valence-electron chi connectivity index (χ4n) is 1.01. The van der Waals surface area contributed by atoms with E-state index in [-0.39, 0.29) is 6.54 Å². The van der Waals surface area contributed by atoms with Crippen LogP contribution in [0.25, 0.3) is 0 Å². The summed E-state index contributed by atoms with van der Waals surface area (Å²) < 4.78 is 0.889. The molecular weight excluding hydrogens is 218 g/mol. The second-order valence-corrected chi connectivity index (χ2v) is 3.81. The monoisotopic (exact) mass is 229 g/mol. The van der Waals surface area contributed by atoms with Crippen molar-refractivity contribution in [1.29, 1.82) is 0 Å². The maximum atomic E-state index is 9.82. The van der Waals surface area contributed by atoms with Crippen molar-refractivity contribution in [3.63, 3.8) is 0 Å². The molecule has 2 nitrogen and oxygen atoms in total. The van der Waals surface area contributed by atoms with E-state index in [4.69, 9.17) is 5.73 Å². The Kier molecular flexibility index (Phi) is 2.88. The number of rotatable bonds is 2. The van der Waals surface area contributed by atoms with E-state index in [0.717, 1.165) is 10.0 Å². The summed E-state index contributed by atoms with van der Waals surface area (Å²) in [6.45, 7) is 1.92. The fourth-order valence-corrected chi connectivity index (χ4v) is 1.72. The van der Waals surface area contributed by atoms with E-state index in [1.165, 1.54) is 0 Å². The highest BCUT2D eigenvalue weighted by Crippen LogP contribution is 2.26. The van der Waals surface area contributed by atoms with E-state index in [2.05, 4.69) is 15.9 Å². The second kappa shape index (κ2) is 3.56. The molecule has 0 radical (unpaired) electrons. The van der Waals surface area contributed by atoms with Crippen LogP contribution in [-0.2, 0) is 5.60 Å². The zero-order valence-corrected chi connectivity index (χ0v) is 8.51. The second-order valence-electron chi connectivity index (χ2n) is 2.96. The third-order valence-electron chi connectivity index (χ3n) is 1.85. The van der Waals surface area contributed by atoms with Gasteiger partial charge in [0.25, 0.3) is 0 Å². The smallest absolute Gasteiger partial charge is 0.100 e. The van der Waals surface area contributed by atoms with Crippen molar-refractivity contribution in [3.8, 4) is 0 Å². The summed E-state index contributed by atoms with van der Waals surface area (Å²) in [6, 6.07) is 7.53. The van der Waals surface area contributed by atoms with Crippen molar-refractivity contribution in [3.05, 3.63) is 34.3 Å². The molecule has 1 atom stereocenters. The average molecular weight is 230 g/mol. The number of aliphatic hydroxyl groups is 1. The quantitative estimate of drug-likeness (QED) is 0.810. The Balaban J connectivity index is 3.10. The first-order chi connectivity index (χ1) is 5.58. The van der Waals surface area contributed by atoms with Crippen LogP contribution in [0.4, 0.5) is 0 Å². The normalized spacial score (nSPS) is 15.7. The summed E-state index contributed by atoms with van der Waals surface area (Å²) in [7, 11) is 0. The number of benzene rings is 1. The van der Waals surface area contributed by atoms with Gasteiger partial charge in [0.2, 0.25) is 0 Å². The molecule has 12 heavy (non-hydrogen) atoms. The minimum Gasteiger partial charge on any atom is -0.384 e. The summed E-state index contributed by atoms with van der Waals surface area (Å²) in [5.41, 5.74) is 5.32. The molecule has 0 aliphatic rings. The third kappa shape index (κ3) is 1.86. The summed E-state index contributed by atoms with van der Waals surface area (Å²) in [6.07, 6.45) is 0. The largest absolute Gasteiger partial charge is 0.384 e. The van der Waals surface area contributed by atoms with Gasteiger partial charge in [0.1, 0.15) is 5.60 Å². The highest BCUT2D eigenvalue weighted by Gasteiger charge is 2.22. The van der Waals surface area contributed by atoms with Crippen molar-refractivity contribution >= 4 is 15.9 Å². The molecule has 3 N–H and O–H groups in total. The Hall–Kier alpha value is -0.380. The van der Waals surface area contributed by atoms with Crippen LogP contribution in [0.2, 0.25) is 0 Å². The van der Waals surface area contributed by atoms with Gasteiger partial charge in [-0.3, -0.25) is 0 Å². The van der Waals surface area contributed by atoms with Gasteiger partial charge in [0.05, 0.1) is 0 Å². The zero-order chi connectivity index (χ0) is 9.19. The van der Waals surface area contributed by atoms with Gasteiger partial charge < -0.3 is 10.8 Å². The van der Waals surface area contributed by atoms with Gasteiger partial charge >= 0.3 is 0 Å². The van der Waals surface area contributed by atoms with E-state index >= 15 is 0 Å². The predicted octanol–water partition coefficient (Wildman–Crippen LogP) is 1.62. The fraction of sp³-hybridized carbons (Fsp3) is 0.333. The molecule has 0 spiro atoms. The van der Waals surface area contributed by atoms with Gasteiger partial charge in [-0.05, 0) is 18.6 Å². The molecule has 0 aliphatic carbocycles. The summed E-state index contributed by atoms with van der Waals surface area (Å²) in [5, 5.41) is 9.82. The Labute approximate surface area is 80.5 Å². The van der Waals surface area contributed by atoms with E-state index in [1.54, 1.807) is 6.92 Å². The average Bonchev–Trinajstić information content (AvgIpc) is 2.05. The molecular formula is C9H12BrNO. The first-order valence-electron chi connectivity index (χ1n) is 3.75. The summed E-state index contributed by atoms with van der Waals surface area (Å²) >= 11 is 3.36. The minimum atomic E-state index is -0.944. The Bertz CT molecular complexity index is 273. The molecule has 66 valence electrons. The standard InChI is InChI=1S/C9H12BrNO/c1-9(12,6-11)7-4-2-3-5-8(7)10/h2-5,12H,6,11H2,1H3/t9-/m0/s1. The molecule has 1 rings (SSSR count). The zero-order valence-electron chi connectivity index (χ0n) is 6.92. The molecule has 0 unspecified atom stereocenters. The lowest BCUT2D eigenvalue weighted by Gasteiger charge is -2.22. The first-order valence-corrected chi connectivity index (χ1v) is 4.54.